The van der Waals surface area contributed by atoms with Gasteiger partial charge in [-0.15, -0.1) is 16.7 Å². The summed E-state index contributed by atoms with van der Waals surface area (Å²) in [4.78, 5) is 0. The molecule has 0 saturated carbocycles. The summed E-state index contributed by atoms with van der Waals surface area (Å²) >= 11 is 5.59. The molecule has 1 aromatic rings. The van der Waals surface area contributed by atoms with Crippen molar-refractivity contribution in [2.45, 2.75) is 32.6 Å². The minimum Gasteiger partial charge on any atom is -0.369 e. The van der Waals surface area contributed by atoms with Gasteiger partial charge in [0.2, 0.25) is 0 Å². The van der Waals surface area contributed by atoms with Gasteiger partial charge in [0, 0.05) is 12.4 Å². The van der Waals surface area contributed by atoms with Crippen molar-refractivity contribution in [1.82, 2.24) is 10.2 Å². The van der Waals surface area contributed by atoms with Crippen LogP contribution >= 0.6 is 11.6 Å². The Labute approximate surface area is 96.2 Å². The number of aromatic nitrogens is 2. The number of alkyl halides is 1. The molecule has 0 bridgehead atoms. The lowest BCUT2D eigenvalue weighted by Crippen LogP contribution is -2.04. The first kappa shape index (κ1) is 12.2. The number of nitrogens with one attached hydrogen (secondary N) is 1. The second-order valence-electron chi connectivity index (χ2n) is 3.65. The van der Waals surface area contributed by atoms with Crippen molar-refractivity contribution in [1.29, 1.82) is 0 Å². The van der Waals surface area contributed by atoms with Gasteiger partial charge in [-0.3, -0.25) is 0 Å². The topological polar surface area (TPSA) is 37.8 Å². The van der Waals surface area contributed by atoms with Crippen LogP contribution in [0.1, 0.15) is 31.2 Å². The maximum atomic E-state index is 5.59. The molecule has 0 spiro atoms. The molecule has 0 saturated heterocycles. The Bertz CT molecular complexity index is 278. The number of halogens is 1. The Balaban J connectivity index is 2.10. The van der Waals surface area contributed by atoms with Gasteiger partial charge in [-0.2, -0.15) is 5.10 Å². The third-order valence-electron chi connectivity index (χ3n) is 2.16. The predicted octanol–water partition coefficient (Wildman–Crippen LogP) is 3.00. The quantitative estimate of drug-likeness (QED) is 0.575. The van der Waals surface area contributed by atoms with Crippen LogP contribution < -0.4 is 5.32 Å². The van der Waals surface area contributed by atoms with Crippen molar-refractivity contribution in [3.8, 4) is 0 Å². The van der Waals surface area contributed by atoms with Crippen molar-refractivity contribution < 1.29 is 0 Å². The van der Waals surface area contributed by atoms with E-state index in [0.717, 1.165) is 36.6 Å². The lowest BCUT2D eigenvalue weighted by molar-refractivity contribution is 0.686. The lowest BCUT2D eigenvalue weighted by atomic mass is 10.2. The van der Waals surface area contributed by atoms with E-state index in [9.17, 15) is 0 Å². The van der Waals surface area contributed by atoms with Crippen molar-refractivity contribution >= 4 is 17.4 Å². The Morgan fingerprint density at radius 1 is 1.27 bits per heavy atom. The van der Waals surface area contributed by atoms with Crippen LogP contribution in [0.15, 0.2) is 12.3 Å². The summed E-state index contributed by atoms with van der Waals surface area (Å²) in [5.41, 5.74) is 1.13. The number of anilines is 1. The van der Waals surface area contributed by atoms with E-state index >= 15 is 0 Å². The number of rotatable bonds is 7. The molecule has 1 heterocycles. The highest BCUT2D eigenvalue weighted by Crippen LogP contribution is 2.05. The second kappa shape index (κ2) is 7.46. The van der Waals surface area contributed by atoms with E-state index < -0.39 is 0 Å². The highest BCUT2D eigenvalue weighted by Gasteiger charge is 1.94. The van der Waals surface area contributed by atoms with Gasteiger partial charge in [0.15, 0.2) is 0 Å². The van der Waals surface area contributed by atoms with Crippen molar-refractivity contribution in [3.63, 3.8) is 0 Å². The summed E-state index contributed by atoms with van der Waals surface area (Å²) in [5, 5.41) is 11.1. The molecule has 0 atom stereocenters. The second-order valence-corrected chi connectivity index (χ2v) is 4.03. The summed E-state index contributed by atoms with van der Waals surface area (Å²) in [6, 6.07) is 2.01. The molecular weight excluding hydrogens is 210 g/mol. The van der Waals surface area contributed by atoms with Gasteiger partial charge >= 0.3 is 0 Å². The fraction of sp³-hybridized carbons (Fsp3) is 0.636. The lowest BCUT2D eigenvalue weighted by Gasteiger charge is -2.04. The number of unbranched alkanes of at least 4 members (excludes halogenated alkanes) is 3. The van der Waals surface area contributed by atoms with E-state index in [1.165, 1.54) is 12.8 Å². The monoisotopic (exact) mass is 227 g/mol. The minimum atomic E-state index is 0.775. The van der Waals surface area contributed by atoms with E-state index in [1.54, 1.807) is 6.20 Å². The Kier molecular flexibility index (Phi) is 6.09. The summed E-state index contributed by atoms with van der Waals surface area (Å²) in [6.07, 6.45) is 6.47. The molecule has 0 fully saturated rings. The molecule has 0 aliphatic heterocycles. The number of nitrogens with zero attached hydrogens (tertiary/aromatic N) is 2. The smallest absolute Gasteiger partial charge is 0.148 e. The Morgan fingerprint density at radius 3 is 2.80 bits per heavy atom. The molecular formula is C11H18ClN3. The maximum Gasteiger partial charge on any atom is 0.148 e. The molecule has 0 unspecified atom stereocenters. The summed E-state index contributed by atoms with van der Waals surface area (Å²) < 4.78 is 0. The standard InChI is InChI=1S/C11H18ClN3/c1-10-8-11(15-14-9-10)13-7-5-3-2-4-6-12/h8-9H,2-7H2,1H3,(H,13,15). The zero-order chi connectivity index (χ0) is 10.9. The van der Waals surface area contributed by atoms with Crippen molar-refractivity contribution in [3.05, 3.63) is 17.8 Å². The maximum absolute atomic E-state index is 5.59. The molecule has 84 valence electrons. The molecule has 0 aromatic carbocycles. The van der Waals surface area contributed by atoms with E-state index in [0.29, 0.717) is 0 Å². The third kappa shape index (κ3) is 5.57. The zero-order valence-electron chi connectivity index (χ0n) is 9.17. The average Bonchev–Trinajstić information content (AvgIpc) is 2.23. The molecule has 0 aliphatic rings. The van der Waals surface area contributed by atoms with Crippen LogP contribution in [0.2, 0.25) is 0 Å². The van der Waals surface area contributed by atoms with E-state index in [2.05, 4.69) is 15.5 Å². The minimum absolute atomic E-state index is 0.775. The molecule has 1 rings (SSSR count). The van der Waals surface area contributed by atoms with Gasteiger partial charge in [0.25, 0.3) is 0 Å². The Hall–Kier alpha value is -0.830. The van der Waals surface area contributed by atoms with Crippen LogP contribution in [0, 0.1) is 6.92 Å². The van der Waals surface area contributed by atoms with Crippen LogP contribution in [-0.2, 0) is 0 Å². The van der Waals surface area contributed by atoms with Crippen LogP contribution in [0.25, 0.3) is 0 Å². The first-order valence-electron chi connectivity index (χ1n) is 5.42. The van der Waals surface area contributed by atoms with Gasteiger partial charge in [0.1, 0.15) is 5.82 Å². The van der Waals surface area contributed by atoms with Crippen LogP contribution in [0.5, 0.6) is 0 Å². The molecule has 0 amide bonds. The Morgan fingerprint density at radius 2 is 2.07 bits per heavy atom. The van der Waals surface area contributed by atoms with Gasteiger partial charge in [-0.1, -0.05) is 12.8 Å². The molecule has 15 heavy (non-hydrogen) atoms. The highest BCUT2D eigenvalue weighted by atomic mass is 35.5. The third-order valence-corrected chi connectivity index (χ3v) is 2.43. The molecule has 3 nitrogen and oxygen atoms in total. The van der Waals surface area contributed by atoms with Gasteiger partial charge in [0.05, 0.1) is 6.20 Å². The van der Waals surface area contributed by atoms with Gasteiger partial charge in [-0.05, 0) is 31.4 Å². The van der Waals surface area contributed by atoms with Gasteiger partial charge < -0.3 is 5.32 Å². The van der Waals surface area contributed by atoms with E-state index in [4.69, 9.17) is 11.6 Å². The normalized spacial score (nSPS) is 10.3. The van der Waals surface area contributed by atoms with Crippen molar-refractivity contribution in [2.24, 2.45) is 0 Å². The zero-order valence-corrected chi connectivity index (χ0v) is 9.93. The largest absolute Gasteiger partial charge is 0.369 e. The fourth-order valence-corrected chi connectivity index (χ4v) is 1.53. The van der Waals surface area contributed by atoms with Crippen LogP contribution in [-0.4, -0.2) is 22.6 Å². The van der Waals surface area contributed by atoms with Gasteiger partial charge in [-0.25, -0.2) is 0 Å². The number of hydrogen-bond donors (Lipinski definition) is 1. The first-order chi connectivity index (χ1) is 7.33. The van der Waals surface area contributed by atoms with Crippen LogP contribution in [0.4, 0.5) is 5.82 Å². The highest BCUT2D eigenvalue weighted by molar-refractivity contribution is 6.17. The molecule has 0 aliphatic carbocycles. The SMILES string of the molecule is Cc1cnnc(NCCCCCCCl)c1. The summed E-state index contributed by atoms with van der Waals surface area (Å²) in [7, 11) is 0. The molecule has 4 heteroatoms. The number of aryl methyl sites for hydroxylation is 1. The van der Waals surface area contributed by atoms with E-state index in [1.807, 2.05) is 13.0 Å². The first-order valence-corrected chi connectivity index (χ1v) is 5.95. The summed E-state index contributed by atoms with van der Waals surface area (Å²) in [6.45, 7) is 2.97. The average molecular weight is 228 g/mol. The van der Waals surface area contributed by atoms with Crippen molar-refractivity contribution in [2.75, 3.05) is 17.7 Å². The molecule has 1 aromatic heterocycles. The predicted molar refractivity (Wildman–Crippen MR) is 64.4 cm³/mol. The van der Waals surface area contributed by atoms with E-state index in [-0.39, 0.29) is 0 Å². The molecule has 0 radical (unpaired) electrons. The summed E-state index contributed by atoms with van der Waals surface area (Å²) in [5.74, 6) is 1.64. The molecule has 1 N–H and O–H groups in total. The fourth-order valence-electron chi connectivity index (χ4n) is 1.34. The van der Waals surface area contributed by atoms with Crippen LogP contribution in [0.3, 0.4) is 0 Å². The number of hydrogen-bond acceptors (Lipinski definition) is 3.